The number of hydrogen-bond acceptors (Lipinski definition) is 7. The van der Waals surface area contributed by atoms with E-state index in [1.165, 1.54) is 11.3 Å². The molecule has 1 amide bonds. The Morgan fingerprint density at radius 3 is 2.86 bits per heavy atom. The summed E-state index contributed by atoms with van der Waals surface area (Å²) in [6, 6.07) is 0. The first kappa shape index (κ1) is 16.6. The Balaban J connectivity index is 1.90. The Bertz CT molecular complexity index is 623. The number of carbonyl (C=O) groups excluding carboxylic acids is 1. The molecule has 2 aromatic rings. The standard InChI is InChI=1S/C14H20N4O3S/c1-5-20-9(4)12-17-11(21-18-12)7-15-13(19)10-6-16-14(22-10)8(2)3/h6,8-9H,5,7H2,1-4H3,(H,15,19)/t9-/m0/s1. The SMILES string of the molecule is CCO[C@@H](C)c1noc(CNC(=O)c2cnc(C(C)C)s2)n1. The summed E-state index contributed by atoms with van der Waals surface area (Å²) in [5, 5.41) is 7.53. The van der Waals surface area contributed by atoms with Crippen LogP contribution in [0.4, 0.5) is 0 Å². The van der Waals surface area contributed by atoms with Crippen molar-refractivity contribution in [3.05, 3.63) is 27.8 Å². The molecule has 0 saturated carbocycles. The highest BCUT2D eigenvalue weighted by Crippen LogP contribution is 2.21. The van der Waals surface area contributed by atoms with Crippen LogP contribution in [-0.4, -0.2) is 27.6 Å². The zero-order chi connectivity index (χ0) is 16.1. The van der Waals surface area contributed by atoms with Crippen molar-refractivity contribution in [2.24, 2.45) is 0 Å². The first-order chi connectivity index (χ1) is 10.5. The number of ether oxygens (including phenoxy) is 1. The second-order valence-corrected chi connectivity index (χ2v) is 6.11. The van der Waals surface area contributed by atoms with Crippen LogP contribution in [0, 0.1) is 0 Å². The van der Waals surface area contributed by atoms with Crippen molar-refractivity contribution in [3.63, 3.8) is 0 Å². The molecule has 0 aliphatic heterocycles. The van der Waals surface area contributed by atoms with Gasteiger partial charge in [0.2, 0.25) is 5.89 Å². The summed E-state index contributed by atoms with van der Waals surface area (Å²) in [4.78, 5) is 21.0. The molecule has 2 rings (SSSR count). The Labute approximate surface area is 133 Å². The summed E-state index contributed by atoms with van der Waals surface area (Å²) >= 11 is 1.39. The van der Waals surface area contributed by atoms with E-state index in [4.69, 9.17) is 9.26 Å². The molecule has 0 aliphatic rings. The third kappa shape index (κ3) is 4.11. The Morgan fingerprint density at radius 1 is 1.45 bits per heavy atom. The Kier molecular flexibility index (Phi) is 5.62. The fourth-order valence-corrected chi connectivity index (χ4v) is 2.57. The molecule has 0 radical (unpaired) electrons. The van der Waals surface area contributed by atoms with Gasteiger partial charge in [0.05, 0.1) is 17.7 Å². The first-order valence-corrected chi connectivity index (χ1v) is 8.00. The fraction of sp³-hybridized carbons (Fsp3) is 0.571. The van der Waals surface area contributed by atoms with E-state index in [2.05, 4.69) is 20.4 Å². The lowest BCUT2D eigenvalue weighted by Crippen LogP contribution is -2.22. The van der Waals surface area contributed by atoms with Gasteiger partial charge in [0.1, 0.15) is 11.0 Å². The number of thiazole rings is 1. The van der Waals surface area contributed by atoms with E-state index >= 15 is 0 Å². The lowest BCUT2D eigenvalue weighted by molar-refractivity contribution is 0.0683. The molecule has 0 aliphatic carbocycles. The van der Waals surface area contributed by atoms with Gasteiger partial charge in [-0.2, -0.15) is 4.98 Å². The van der Waals surface area contributed by atoms with Crippen LogP contribution >= 0.6 is 11.3 Å². The van der Waals surface area contributed by atoms with Gasteiger partial charge in [-0.05, 0) is 13.8 Å². The van der Waals surface area contributed by atoms with Crippen molar-refractivity contribution in [2.45, 2.75) is 46.3 Å². The molecule has 0 saturated heterocycles. The maximum atomic E-state index is 12.0. The highest BCUT2D eigenvalue weighted by atomic mass is 32.1. The third-order valence-electron chi connectivity index (χ3n) is 2.91. The molecule has 2 heterocycles. The molecule has 22 heavy (non-hydrogen) atoms. The number of hydrogen-bond donors (Lipinski definition) is 1. The summed E-state index contributed by atoms with van der Waals surface area (Å²) in [5.41, 5.74) is 0. The van der Waals surface area contributed by atoms with Gasteiger partial charge in [-0.3, -0.25) is 4.79 Å². The first-order valence-electron chi connectivity index (χ1n) is 7.19. The minimum absolute atomic E-state index is 0.180. The average molecular weight is 324 g/mol. The number of nitrogens with one attached hydrogen (secondary N) is 1. The van der Waals surface area contributed by atoms with Crippen molar-refractivity contribution in [2.75, 3.05) is 6.61 Å². The smallest absolute Gasteiger partial charge is 0.263 e. The molecule has 0 fully saturated rings. The molecule has 8 heteroatoms. The fourth-order valence-electron chi connectivity index (χ4n) is 1.73. The van der Waals surface area contributed by atoms with E-state index < -0.39 is 0 Å². The molecule has 2 aromatic heterocycles. The zero-order valence-corrected chi connectivity index (χ0v) is 13.9. The highest BCUT2D eigenvalue weighted by Gasteiger charge is 2.16. The van der Waals surface area contributed by atoms with Gasteiger partial charge < -0.3 is 14.6 Å². The molecule has 120 valence electrons. The van der Waals surface area contributed by atoms with E-state index in [0.717, 1.165) is 5.01 Å². The van der Waals surface area contributed by atoms with Gasteiger partial charge in [-0.25, -0.2) is 4.98 Å². The van der Waals surface area contributed by atoms with Crippen molar-refractivity contribution in [1.29, 1.82) is 0 Å². The maximum absolute atomic E-state index is 12.0. The van der Waals surface area contributed by atoms with Gasteiger partial charge in [-0.1, -0.05) is 19.0 Å². The van der Waals surface area contributed by atoms with Crippen LogP contribution in [0.1, 0.15) is 66.1 Å². The summed E-state index contributed by atoms with van der Waals surface area (Å²) in [6.07, 6.45) is 1.36. The second kappa shape index (κ2) is 7.46. The molecule has 0 bridgehead atoms. The van der Waals surface area contributed by atoms with Crippen LogP contribution in [0.3, 0.4) is 0 Å². The summed E-state index contributed by atoms with van der Waals surface area (Å²) in [7, 11) is 0. The highest BCUT2D eigenvalue weighted by molar-refractivity contribution is 7.13. The second-order valence-electron chi connectivity index (χ2n) is 5.04. The van der Waals surface area contributed by atoms with Crippen LogP contribution in [0.2, 0.25) is 0 Å². The topological polar surface area (TPSA) is 90.1 Å². The maximum Gasteiger partial charge on any atom is 0.263 e. The number of nitrogens with zero attached hydrogens (tertiary/aromatic N) is 3. The predicted octanol–water partition coefficient (Wildman–Crippen LogP) is 2.68. The van der Waals surface area contributed by atoms with E-state index in [0.29, 0.717) is 29.1 Å². The minimum atomic E-state index is -0.228. The van der Waals surface area contributed by atoms with Crippen LogP contribution in [-0.2, 0) is 11.3 Å². The van der Waals surface area contributed by atoms with Gasteiger partial charge in [0.25, 0.3) is 5.91 Å². The Hall–Kier alpha value is -1.80. The van der Waals surface area contributed by atoms with Crippen molar-refractivity contribution < 1.29 is 14.1 Å². The molecule has 1 atom stereocenters. The zero-order valence-electron chi connectivity index (χ0n) is 13.1. The third-order valence-corrected chi connectivity index (χ3v) is 4.20. The van der Waals surface area contributed by atoms with E-state index in [1.54, 1.807) is 6.20 Å². The van der Waals surface area contributed by atoms with E-state index in [1.807, 2.05) is 27.7 Å². The normalized spacial score (nSPS) is 12.6. The van der Waals surface area contributed by atoms with Gasteiger partial charge >= 0.3 is 0 Å². The van der Waals surface area contributed by atoms with Crippen LogP contribution in [0.5, 0.6) is 0 Å². The number of rotatable bonds is 7. The minimum Gasteiger partial charge on any atom is -0.371 e. The monoisotopic (exact) mass is 324 g/mol. The van der Waals surface area contributed by atoms with E-state index in [-0.39, 0.29) is 18.6 Å². The van der Waals surface area contributed by atoms with Gasteiger partial charge in [0, 0.05) is 12.5 Å². The van der Waals surface area contributed by atoms with E-state index in [9.17, 15) is 4.79 Å². The van der Waals surface area contributed by atoms with Crippen LogP contribution in [0.15, 0.2) is 10.7 Å². The predicted molar refractivity (Wildman–Crippen MR) is 81.7 cm³/mol. The average Bonchev–Trinajstić information content (AvgIpc) is 3.14. The molecular formula is C14H20N4O3S. The number of carbonyl (C=O) groups is 1. The number of aromatic nitrogens is 3. The lowest BCUT2D eigenvalue weighted by atomic mass is 10.2. The van der Waals surface area contributed by atoms with Crippen molar-refractivity contribution >= 4 is 17.2 Å². The molecule has 7 nitrogen and oxygen atoms in total. The molecule has 0 spiro atoms. The molecule has 1 N–H and O–H groups in total. The lowest BCUT2D eigenvalue weighted by Gasteiger charge is -2.04. The Morgan fingerprint density at radius 2 is 2.23 bits per heavy atom. The molecule has 0 aromatic carbocycles. The van der Waals surface area contributed by atoms with Gasteiger partial charge in [-0.15, -0.1) is 11.3 Å². The quantitative estimate of drug-likeness (QED) is 0.842. The number of amides is 1. The van der Waals surface area contributed by atoms with Crippen molar-refractivity contribution in [1.82, 2.24) is 20.4 Å². The largest absolute Gasteiger partial charge is 0.371 e. The van der Waals surface area contributed by atoms with Crippen LogP contribution in [0.25, 0.3) is 0 Å². The molecule has 0 unspecified atom stereocenters. The summed E-state index contributed by atoms with van der Waals surface area (Å²) in [6.45, 7) is 8.59. The summed E-state index contributed by atoms with van der Waals surface area (Å²) in [5.74, 6) is 0.946. The van der Waals surface area contributed by atoms with Crippen LogP contribution < -0.4 is 5.32 Å². The van der Waals surface area contributed by atoms with Gasteiger partial charge in [0.15, 0.2) is 5.82 Å². The summed E-state index contributed by atoms with van der Waals surface area (Å²) < 4.78 is 10.5. The molecular weight excluding hydrogens is 304 g/mol. The van der Waals surface area contributed by atoms with Crippen molar-refractivity contribution in [3.8, 4) is 0 Å².